The normalized spacial score (nSPS) is 11.6. The number of nitrogens with zero attached hydrogens (tertiary/aromatic N) is 2. The van der Waals surface area contributed by atoms with Crippen molar-refractivity contribution in [2.45, 2.75) is 18.0 Å². The van der Waals surface area contributed by atoms with Gasteiger partial charge in [0, 0.05) is 16.0 Å². The van der Waals surface area contributed by atoms with Crippen LogP contribution in [0.3, 0.4) is 0 Å². The smallest absolute Gasteiger partial charge is 0.255 e. The molecule has 4 aromatic carbocycles. The monoisotopic (exact) mass is 625 g/mol. The van der Waals surface area contributed by atoms with Gasteiger partial charge in [-0.25, -0.2) is 13.8 Å². The number of carbonyl (C=O) groups is 1. The molecule has 0 radical (unpaired) electrons. The molecule has 0 atom stereocenters. The highest BCUT2D eigenvalue weighted by Crippen LogP contribution is 2.23. The summed E-state index contributed by atoms with van der Waals surface area (Å²) in [4.78, 5) is 12.8. The molecule has 1 N–H and O–H groups in total. The van der Waals surface area contributed by atoms with Gasteiger partial charge in [-0.15, -0.1) is 0 Å². The van der Waals surface area contributed by atoms with Crippen LogP contribution in [0.5, 0.6) is 5.75 Å². The number of amides is 1. The van der Waals surface area contributed by atoms with Gasteiger partial charge < -0.3 is 4.74 Å². The average Bonchev–Trinajstić information content (AvgIpc) is 2.94. The van der Waals surface area contributed by atoms with Gasteiger partial charge in [0.2, 0.25) is 10.0 Å². The second kappa shape index (κ2) is 13.5. The molecule has 7 nitrogen and oxygen atoms in total. The number of hydrazone groups is 1. The zero-order chi connectivity index (χ0) is 27.7. The Kier molecular flexibility index (Phi) is 9.89. The van der Waals surface area contributed by atoms with Gasteiger partial charge in [-0.1, -0.05) is 76.1 Å². The van der Waals surface area contributed by atoms with E-state index in [0.29, 0.717) is 22.9 Å². The van der Waals surface area contributed by atoms with E-state index in [1.807, 2.05) is 42.5 Å². The van der Waals surface area contributed by atoms with E-state index in [1.165, 1.54) is 18.3 Å². The number of sulfonamides is 1. The minimum Gasteiger partial charge on any atom is -0.489 e. The Morgan fingerprint density at radius 2 is 1.59 bits per heavy atom. The molecular formula is C29H25BrClN3O4S. The van der Waals surface area contributed by atoms with E-state index < -0.39 is 22.5 Å². The Labute approximate surface area is 241 Å². The number of hydrogen-bond donors (Lipinski definition) is 1. The number of hydrogen-bond acceptors (Lipinski definition) is 5. The van der Waals surface area contributed by atoms with Crippen LogP contribution in [-0.2, 0) is 28.0 Å². The molecule has 0 aliphatic carbocycles. The second-order valence-corrected chi connectivity index (χ2v) is 11.7. The van der Waals surface area contributed by atoms with Crippen LogP contribution in [0.25, 0.3) is 0 Å². The van der Waals surface area contributed by atoms with E-state index in [2.05, 4.69) is 26.5 Å². The first-order chi connectivity index (χ1) is 18.8. The summed E-state index contributed by atoms with van der Waals surface area (Å²) in [5.41, 5.74) is 4.78. The van der Waals surface area contributed by atoms with E-state index in [4.69, 9.17) is 16.3 Å². The Bertz CT molecular complexity index is 1530. The van der Waals surface area contributed by atoms with Crippen molar-refractivity contribution >= 4 is 49.7 Å². The highest BCUT2D eigenvalue weighted by molar-refractivity contribution is 9.10. The molecule has 4 aromatic rings. The molecule has 0 unspecified atom stereocenters. The summed E-state index contributed by atoms with van der Waals surface area (Å²) in [6, 6.07) is 30.2. The zero-order valence-corrected chi connectivity index (χ0v) is 23.9. The summed E-state index contributed by atoms with van der Waals surface area (Å²) in [6.45, 7) is -0.0783. The molecule has 0 heterocycles. The van der Waals surface area contributed by atoms with Crippen LogP contribution in [0.2, 0.25) is 5.02 Å². The molecule has 0 saturated carbocycles. The molecular weight excluding hydrogens is 602 g/mol. The molecule has 0 fully saturated rings. The maximum Gasteiger partial charge on any atom is 0.255 e. The lowest BCUT2D eigenvalue weighted by Crippen LogP contribution is -2.39. The van der Waals surface area contributed by atoms with Crippen molar-refractivity contribution in [1.29, 1.82) is 0 Å². The fourth-order valence-electron chi connectivity index (χ4n) is 3.56. The minimum atomic E-state index is -4.01. The summed E-state index contributed by atoms with van der Waals surface area (Å²) in [5, 5.41) is 4.40. The average molecular weight is 627 g/mol. The van der Waals surface area contributed by atoms with Crippen molar-refractivity contribution in [3.8, 4) is 5.75 Å². The molecule has 10 heteroatoms. The molecule has 0 aromatic heterocycles. The van der Waals surface area contributed by atoms with Crippen molar-refractivity contribution in [2.24, 2.45) is 5.10 Å². The van der Waals surface area contributed by atoms with Gasteiger partial charge >= 0.3 is 0 Å². The lowest BCUT2D eigenvalue weighted by Gasteiger charge is -2.22. The summed E-state index contributed by atoms with van der Waals surface area (Å²) < 4.78 is 34.4. The third-order valence-electron chi connectivity index (χ3n) is 5.61. The Morgan fingerprint density at radius 1 is 0.923 bits per heavy atom. The maximum absolute atomic E-state index is 13.4. The van der Waals surface area contributed by atoms with Crippen LogP contribution in [0.4, 0.5) is 0 Å². The van der Waals surface area contributed by atoms with Crippen molar-refractivity contribution in [3.63, 3.8) is 0 Å². The maximum atomic E-state index is 13.4. The van der Waals surface area contributed by atoms with Gasteiger partial charge in [-0.3, -0.25) is 4.79 Å². The van der Waals surface area contributed by atoms with Crippen molar-refractivity contribution in [1.82, 2.24) is 9.73 Å². The summed E-state index contributed by atoms with van der Waals surface area (Å²) in [5.74, 6) is 0.107. The number of benzene rings is 4. The minimum absolute atomic E-state index is 0.0589. The van der Waals surface area contributed by atoms with Crippen LogP contribution in [0.15, 0.2) is 118 Å². The number of nitrogens with one attached hydrogen (secondary N) is 1. The first-order valence-electron chi connectivity index (χ1n) is 11.9. The standard InChI is InChI=1S/C29H25BrClN3O4S/c30-25-12-16-27(17-13-25)39(36,37)34(19-24-8-4-5-9-28(24)31)20-29(35)33-32-18-22-10-14-26(15-11-22)38-21-23-6-2-1-3-7-23/h1-18H,19-21H2,(H,33,35)/b32-18+. The fraction of sp³-hybridized carbons (Fsp3) is 0.103. The summed E-state index contributed by atoms with van der Waals surface area (Å²) in [6.07, 6.45) is 1.47. The van der Waals surface area contributed by atoms with Crippen LogP contribution >= 0.6 is 27.5 Å². The fourth-order valence-corrected chi connectivity index (χ4v) is 5.40. The third-order valence-corrected chi connectivity index (χ3v) is 8.31. The van der Waals surface area contributed by atoms with Gasteiger partial charge in [0.05, 0.1) is 17.7 Å². The molecule has 0 aliphatic heterocycles. The van der Waals surface area contributed by atoms with Gasteiger partial charge in [0.1, 0.15) is 12.4 Å². The molecule has 0 bridgehead atoms. The number of halogens is 2. The second-order valence-electron chi connectivity index (χ2n) is 8.45. The highest BCUT2D eigenvalue weighted by Gasteiger charge is 2.27. The Balaban J connectivity index is 1.40. The first kappa shape index (κ1) is 28.5. The lowest BCUT2D eigenvalue weighted by molar-refractivity contribution is -0.121. The Hall–Kier alpha value is -3.50. The van der Waals surface area contributed by atoms with Gasteiger partial charge in [-0.05, 0) is 71.3 Å². The Morgan fingerprint density at radius 3 is 2.28 bits per heavy atom. The summed E-state index contributed by atoms with van der Waals surface area (Å²) in [7, 11) is -4.01. The molecule has 4 rings (SSSR count). The predicted molar refractivity (Wildman–Crippen MR) is 156 cm³/mol. The highest BCUT2D eigenvalue weighted by atomic mass is 79.9. The van der Waals surface area contributed by atoms with Gasteiger partial charge in [-0.2, -0.15) is 9.41 Å². The van der Waals surface area contributed by atoms with Crippen molar-refractivity contribution < 1.29 is 17.9 Å². The van der Waals surface area contributed by atoms with Crippen LogP contribution in [0, 0.1) is 0 Å². The van der Waals surface area contributed by atoms with E-state index in [-0.39, 0.29) is 11.4 Å². The molecule has 0 saturated heterocycles. The van der Waals surface area contributed by atoms with Crippen LogP contribution in [-0.4, -0.2) is 31.4 Å². The quantitative estimate of drug-likeness (QED) is 0.163. The predicted octanol–water partition coefficient (Wildman–Crippen LogP) is 6.02. The van der Waals surface area contributed by atoms with Gasteiger partial charge in [0.25, 0.3) is 5.91 Å². The molecule has 39 heavy (non-hydrogen) atoms. The topological polar surface area (TPSA) is 88.1 Å². The SMILES string of the molecule is O=C(CN(Cc1ccccc1Cl)S(=O)(=O)c1ccc(Br)cc1)N/N=C/c1ccc(OCc2ccccc2)cc1. The molecule has 0 aliphatic rings. The number of ether oxygens (including phenoxy) is 1. The first-order valence-corrected chi connectivity index (χ1v) is 14.5. The van der Waals surface area contributed by atoms with E-state index in [0.717, 1.165) is 19.9 Å². The van der Waals surface area contributed by atoms with E-state index >= 15 is 0 Å². The van der Waals surface area contributed by atoms with E-state index in [1.54, 1.807) is 48.5 Å². The van der Waals surface area contributed by atoms with E-state index in [9.17, 15) is 13.2 Å². The van der Waals surface area contributed by atoms with Crippen molar-refractivity contribution in [3.05, 3.63) is 129 Å². The number of carbonyl (C=O) groups excluding carboxylic acids is 1. The largest absolute Gasteiger partial charge is 0.489 e. The molecule has 200 valence electrons. The zero-order valence-electron chi connectivity index (χ0n) is 20.7. The molecule has 1 amide bonds. The van der Waals surface area contributed by atoms with Crippen LogP contribution < -0.4 is 10.2 Å². The van der Waals surface area contributed by atoms with Crippen LogP contribution in [0.1, 0.15) is 16.7 Å². The van der Waals surface area contributed by atoms with Gasteiger partial charge in [0.15, 0.2) is 0 Å². The lowest BCUT2D eigenvalue weighted by atomic mass is 10.2. The van der Waals surface area contributed by atoms with Crippen molar-refractivity contribution in [2.75, 3.05) is 6.54 Å². The third kappa shape index (κ3) is 8.24. The number of rotatable bonds is 11. The molecule has 0 spiro atoms. The summed E-state index contributed by atoms with van der Waals surface area (Å²) >= 11 is 9.58.